The van der Waals surface area contributed by atoms with Crippen molar-refractivity contribution in [3.8, 4) is 0 Å². The van der Waals surface area contributed by atoms with E-state index in [9.17, 15) is 14.0 Å². The zero-order chi connectivity index (χ0) is 22.1. The fraction of sp³-hybridized carbons (Fsp3) is 0.240. The Morgan fingerprint density at radius 2 is 1.68 bits per heavy atom. The maximum atomic E-state index is 13.3. The van der Waals surface area contributed by atoms with Crippen molar-refractivity contribution in [1.82, 2.24) is 15.2 Å². The van der Waals surface area contributed by atoms with Crippen molar-refractivity contribution in [2.75, 3.05) is 0 Å². The number of carbonyl (C=O) groups is 2. The zero-order valence-corrected chi connectivity index (χ0v) is 17.5. The molecule has 1 heterocycles. The fourth-order valence-electron chi connectivity index (χ4n) is 3.24. The minimum Gasteiger partial charge on any atom is -0.349 e. The number of aryl methyl sites for hydroxylation is 1. The maximum Gasteiger partial charge on any atom is 0.242 e. The molecule has 31 heavy (non-hydrogen) atoms. The van der Waals surface area contributed by atoms with Crippen molar-refractivity contribution in [2.45, 2.75) is 38.9 Å². The number of nitrogens with zero attached hydrogens (tertiary/aromatic N) is 2. The molecule has 0 aliphatic heterocycles. The zero-order valence-electron chi connectivity index (χ0n) is 17.5. The number of amides is 2. The topological polar surface area (TPSA) is 62.3 Å². The number of nitrogens with one attached hydrogen (secondary N) is 1. The van der Waals surface area contributed by atoms with E-state index in [0.717, 1.165) is 16.8 Å². The molecule has 0 unspecified atom stereocenters. The first-order chi connectivity index (χ1) is 15.0. The van der Waals surface area contributed by atoms with Gasteiger partial charge < -0.3 is 10.2 Å². The van der Waals surface area contributed by atoms with Crippen molar-refractivity contribution in [3.63, 3.8) is 0 Å². The first-order valence-electron chi connectivity index (χ1n) is 10.3. The second kappa shape index (κ2) is 11.0. The summed E-state index contributed by atoms with van der Waals surface area (Å²) < 4.78 is 13.3. The number of hydrogen-bond acceptors (Lipinski definition) is 3. The third-order valence-corrected chi connectivity index (χ3v) is 5.07. The Labute approximate surface area is 181 Å². The van der Waals surface area contributed by atoms with E-state index < -0.39 is 6.04 Å². The first-order valence-corrected chi connectivity index (χ1v) is 10.3. The van der Waals surface area contributed by atoms with Crippen LogP contribution in [0.15, 0.2) is 79.0 Å². The molecule has 1 atom stereocenters. The normalized spacial score (nSPS) is 11.5. The third-order valence-electron chi connectivity index (χ3n) is 5.07. The standard InChI is InChI=1S/C25H26FN3O2/c1-19(25(31)28-17-23-9-5-6-16-27-23)29(18-21-10-13-22(26)14-11-21)24(30)15-12-20-7-3-2-4-8-20/h2-11,13-14,16,19H,12,15,17-18H2,1H3,(H,28,31)/t19-/m0/s1. The summed E-state index contributed by atoms with van der Waals surface area (Å²) in [6.45, 7) is 2.22. The van der Waals surface area contributed by atoms with Crippen LogP contribution in [0.4, 0.5) is 4.39 Å². The van der Waals surface area contributed by atoms with E-state index in [-0.39, 0.29) is 37.1 Å². The highest BCUT2D eigenvalue weighted by Crippen LogP contribution is 2.14. The Hall–Kier alpha value is -3.54. The van der Waals surface area contributed by atoms with E-state index in [0.29, 0.717) is 6.42 Å². The van der Waals surface area contributed by atoms with E-state index in [2.05, 4.69) is 10.3 Å². The minimum atomic E-state index is -0.683. The SMILES string of the molecule is C[C@@H](C(=O)NCc1ccccn1)N(Cc1ccc(F)cc1)C(=O)CCc1ccccc1. The Balaban J connectivity index is 1.69. The molecule has 1 N–H and O–H groups in total. The van der Waals surface area contributed by atoms with Crippen LogP contribution in [0.25, 0.3) is 0 Å². The molecule has 6 heteroatoms. The van der Waals surface area contributed by atoms with Gasteiger partial charge in [-0.2, -0.15) is 0 Å². The van der Waals surface area contributed by atoms with E-state index in [4.69, 9.17) is 0 Å². The summed E-state index contributed by atoms with van der Waals surface area (Å²) >= 11 is 0. The van der Waals surface area contributed by atoms with Crippen molar-refractivity contribution < 1.29 is 14.0 Å². The van der Waals surface area contributed by atoms with Gasteiger partial charge in [-0.3, -0.25) is 14.6 Å². The third kappa shape index (κ3) is 6.74. The van der Waals surface area contributed by atoms with Gasteiger partial charge in [-0.1, -0.05) is 48.5 Å². The Bertz CT molecular complexity index is 979. The highest BCUT2D eigenvalue weighted by Gasteiger charge is 2.26. The van der Waals surface area contributed by atoms with Crippen molar-refractivity contribution in [3.05, 3.63) is 102 Å². The Kier molecular flexibility index (Phi) is 7.87. The van der Waals surface area contributed by atoms with Crippen LogP contribution in [0.5, 0.6) is 0 Å². The van der Waals surface area contributed by atoms with Gasteiger partial charge in [0.1, 0.15) is 11.9 Å². The summed E-state index contributed by atoms with van der Waals surface area (Å²) in [6.07, 6.45) is 2.53. The summed E-state index contributed by atoms with van der Waals surface area (Å²) in [4.78, 5) is 31.6. The molecule has 0 aliphatic rings. The lowest BCUT2D eigenvalue weighted by Gasteiger charge is -2.29. The average Bonchev–Trinajstić information content (AvgIpc) is 2.81. The lowest BCUT2D eigenvalue weighted by atomic mass is 10.1. The first kappa shape index (κ1) is 22.2. The highest BCUT2D eigenvalue weighted by atomic mass is 19.1. The van der Waals surface area contributed by atoms with Crippen LogP contribution in [0.3, 0.4) is 0 Å². The van der Waals surface area contributed by atoms with Crippen molar-refractivity contribution in [2.24, 2.45) is 0 Å². The minimum absolute atomic E-state index is 0.131. The molecule has 0 bridgehead atoms. The number of carbonyl (C=O) groups excluding carboxylic acids is 2. The molecule has 2 amide bonds. The van der Waals surface area contributed by atoms with Gasteiger partial charge in [-0.15, -0.1) is 0 Å². The van der Waals surface area contributed by atoms with Gasteiger partial charge in [0.2, 0.25) is 11.8 Å². The van der Waals surface area contributed by atoms with Crippen LogP contribution >= 0.6 is 0 Å². The predicted molar refractivity (Wildman–Crippen MR) is 117 cm³/mol. The monoisotopic (exact) mass is 419 g/mol. The summed E-state index contributed by atoms with van der Waals surface area (Å²) in [6, 6.07) is 20.5. The largest absolute Gasteiger partial charge is 0.349 e. The van der Waals surface area contributed by atoms with Crippen LogP contribution in [-0.4, -0.2) is 27.7 Å². The lowest BCUT2D eigenvalue weighted by molar-refractivity contribution is -0.140. The molecule has 0 fully saturated rings. The van der Waals surface area contributed by atoms with Crippen molar-refractivity contribution in [1.29, 1.82) is 0 Å². The van der Waals surface area contributed by atoms with E-state index >= 15 is 0 Å². The highest BCUT2D eigenvalue weighted by molar-refractivity contribution is 5.87. The van der Waals surface area contributed by atoms with Gasteiger partial charge in [0.25, 0.3) is 0 Å². The maximum absolute atomic E-state index is 13.3. The predicted octanol–water partition coefficient (Wildman–Crippen LogP) is 3.89. The van der Waals surface area contributed by atoms with Gasteiger partial charge >= 0.3 is 0 Å². The van der Waals surface area contributed by atoms with Crippen molar-refractivity contribution >= 4 is 11.8 Å². The second-order valence-corrected chi connectivity index (χ2v) is 7.35. The molecule has 0 saturated heterocycles. The Morgan fingerprint density at radius 3 is 2.35 bits per heavy atom. The van der Waals surface area contributed by atoms with E-state index in [1.165, 1.54) is 12.1 Å². The summed E-state index contributed by atoms with van der Waals surface area (Å²) in [5, 5.41) is 2.85. The van der Waals surface area contributed by atoms with Gasteiger partial charge in [0.05, 0.1) is 12.2 Å². The number of benzene rings is 2. The number of aromatic nitrogens is 1. The fourth-order valence-corrected chi connectivity index (χ4v) is 3.24. The molecule has 3 rings (SSSR count). The van der Waals surface area contributed by atoms with Crippen LogP contribution in [0.2, 0.25) is 0 Å². The van der Waals surface area contributed by atoms with Gasteiger partial charge in [0.15, 0.2) is 0 Å². The molecule has 0 radical (unpaired) electrons. The average molecular weight is 420 g/mol. The second-order valence-electron chi connectivity index (χ2n) is 7.35. The molecular weight excluding hydrogens is 393 g/mol. The number of rotatable bonds is 9. The Morgan fingerprint density at radius 1 is 0.968 bits per heavy atom. The number of hydrogen-bond donors (Lipinski definition) is 1. The van der Waals surface area contributed by atoms with Gasteiger partial charge in [-0.05, 0) is 48.7 Å². The lowest BCUT2D eigenvalue weighted by Crippen LogP contribution is -2.47. The van der Waals surface area contributed by atoms with Crippen LogP contribution < -0.4 is 5.32 Å². The van der Waals surface area contributed by atoms with Gasteiger partial charge in [-0.25, -0.2) is 4.39 Å². The molecule has 0 spiro atoms. The summed E-state index contributed by atoms with van der Waals surface area (Å²) in [5.41, 5.74) is 2.56. The summed E-state index contributed by atoms with van der Waals surface area (Å²) in [5.74, 6) is -0.735. The molecule has 0 saturated carbocycles. The summed E-state index contributed by atoms with van der Waals surface area (Å²) in [7, 11) is 0. The molecule has 0 aliphatic carbocycles. The quantitative estimate of drug-likeness (QED) is 0.572. The van der Waals surface area contributed by atoms with Crippen LogP contribution in [0, 0.1) is 5.82 Å². The van der Waals surface area contributed by atoms with E-state index in [1.807, 2.05) is 48.5 Å². The van der Waals surface area contributed by atoms with Crippen LogP contribution in [0.1, 0.15) is 30.2 Å². The van der Waals surface area contributed by atoms with E-state index in [1.54, 1.807) is 30.2 Å². The molecule has 3 aromatic rings. The molecule has 1 aromatic heterocycles. The molecule has 2 aromatic carbocycles. The van der Waals surface area contributed by atoms with Gasteiger partial charge in [0, 0.05) is 19.2 Å². The molecule has 160 valence electrons. The number of pyridine rings is 1. The smallest absolute Gasteiger partial charge is 0.242 e. The molecule has 5 nitrogen and oxygen atoms in total. The number of halogens is 1. The van der Waals surface area contributed by atoms with Crippen LogP contribution in [-0.2, 0) is 29.1 Å². The molecular formula is C25H26FN3O2.